The number of hydrogen-bond acceptors (Lipinski definition) is 7. The zero-order chi connectivity index (χ0) is 30.6. The molecule has 0 saturated heterocycles. The Hall–Kier alpha value is -3.12. The van der Waals surface area contributed by atoms with Crippen molar-refractivity contribution in [2.75, 3.05) is 0 Å². The first-order valence-electron chi connectivity index (χ1n) is 15.2. The van der Waals surface area contributed by atoms with Gasteiger partial charge >= 0.3 is 57.1 Å². The summed E-state index contributed by atoms with van der Waals surface area (Å²) >= 11 is 0. The van der Waals surface area contributed by atoms with Crippen LogP contribution in [0.25, 0.3) is 28.2 Å². The Morgan fingerprint density at radius 1 is 0.978 bits per heavy atom. The van der Waals surface area contributed by atoms with Gasteiger partial charge in [-0.3, -0.25) is 18.9 Å². The summed E-state index contributed by atoms with van der Waals surface area (Å²) < 4.78 is 12.5. The Labute approximate surface area is 305 Å². The second kappa shape index (κ2) is 15.0. The largest absolute Gasteiger partial charge is 1.00 e. The van der Waals surface area contributed by atoms with Gasteiger partial charge in [0.2, 0.25) is 0 Å². The molecule has 0 radical (unpaired) electrons. The Balaban J connectivity index is 0.00000240. The monoisotopic (exact) mass is 632 g/mol. The molecule has 1 aliphatic carbocycles. The molecule has 2 N–H and O–H groups in total. The zero-order valence-corrected chi connectivity index (χ0v) is 29.1. The van der Waals surface area contributed by atoms with E-state index in [1.807, 2.05) is 79.7 Å². The van der Waals surface area contributed by atoms with Crippen LogP contribution in [-0.2, 0) is 12.8 Å². The first kappa shape index (κ1) is 33.2. The third-order valence-electron chi connectivity index (χ3n) is 8.23. The summed E-state index contributed by atoms with van der Waals surface area (Å²) in [5, 5.41) is 13.6. The molecule has 1 fully saturated rings. The van der Waals surface area contributed by atoms with E-state index in [-0.39, 0.29) is 70.6 Å². The average Bonchev–Trinajstić information content (AvgIpc) is 3.47. The van der Waals surface area contributed by atoms with Gasteiger partial charge in [0.1, 0.15) is 11.6 Å². The van der Waals surface area contributed by atoms with Crippen molar-refractivity contribution in [3.05, 3.63) is 116 Å². The van der Waals surface area contributed by atoms with Crippen molar-refractivity contribution in [1.82, 2.24) is 19.7 Å². The summed E-state index contributed by atoms with van der Waals surface area (Å²) in [5.41, 5.74) is 5.80. The number of nitrogens with zero attached hydrogens (tertiary/aromatic N) is 3. The van der Waals surface area contributed by atoms with E-state index >= 15 is 0 Å². The summed E-state index contributed by atoms with van der Waals surface area (Å²) in [6, 6.07) is 23.3. The number of aliphatic hydroxyl groups is 1. The number of hydrogen-bond donors (Lipinski definition) is 2. The predicted octanol–water partition coefficient (Wildman–Crippen LogP) is 2.89. The van der Waals surface area contributed by atoms with Crippen LogP contribution < -0.4 is 67.4 Å². The summed E-state index contributed by atoms with van der Waals surface area (Å²) in [6.45, 7) is 3.96. The van der Waals surface area contributed by atoms with Gasteiger partial charge in [0.05, 0.1) is 23.6 Å². The van der Waals surface area contributed by atoms with Crippen LogP contribution >= 0.6 is 0 Å². The van der Waals surface area contributed by atoms with Crippen molar-refractivity contribution in [2.24, 2.45) is 0 Å². The Morgan fingerprint density at radius 3 is 2.31 bits per heavy atom. The molecular formula is C35H37KN4O5. The number of H-pyrrole nitrogens is 1. The van der Waals surface area contributed by atoms with Crippen LogP contribution in [0, 0.1) is 6.92 Å². The van der Waals surface area contributed by atoms with Crippen LogP contribution in [0.4, 0.5) is 0 Å². The third-order valence-corrected chi connectivity index (χ3v) is 8.23. The molecule has 45 heavy (non-hydrogen) atoms. The number of rotatable bonds is 9. The van der Waals surface area contributed by atoms with E-state index in [1.54, 1.807) is 4.57 Å². The molecule has 1 aliphatic rings. The van der Waals surface area contributed by atoms with Gasteiger partial charge in [0, 0.05) is 17.5 Å². The van der Waals surface area contributed by atoms with Crippen LogP contribution in [0.3, 0.4) is 0 Å². The molecule has 2 aromatic heterocycles. The average molecular weight is 633 g/mol. The molecule has 10 heteroatoms. The molecule has 5 aromatic rings. The maximum absolute atomic E-state index is 14.0. The molecule has 1 saturated carbocycles. The minimum absolute atomic E-state index is 0. The fraction of sp³-hybridized carbons (Fsp3) is 0.314. The van der Waals surface area contributed by atoms with E-state index in [4.69, 9.17) is 14.2 Å². The van der Waals surface area contributed by atoms with Crippen molar-refractivity contribution < 1.29 is 67.2 Å². The smallest absolute Gasteiger partial charge is 1.00 e. The van der Waals surface area contributed by atoms with Crippen LogP contribution in [0.2, 0.25) is 0 Å². The molecule has 0 unspecified atom stereocenters. The molecule has 0 amide bonds. The van der Waals surface area contributed by atoms with Crippen molar-refractivity contribution in [2.45, 2.75) is 71.0 Å². The SMILES string of the molecule is CCCc1nc(C)n(-c2ccc(OC3CCC(O)CC3)cc2)c(=O)c1Cc1ccc(-c2ccccc2-c2noc(=O)[nH]2)cc1.[H-].[K+]. The molecule has 0 spiro atoms. The molecule has 228 valence electrons. The number of aromatic nitrogens is 4. The van der Waals surface area contributed by atoms with Gasteiger partial charge in [0.25, 0.3) is 5.56 Å². The second-order valence-corrected chi connectivity index (χ2v) is 11.4. The number of benzene rings is 3. The van der Waals surface area contributed by atoms with E-state index in [9.17, 15) is 14.7 Å². The molecular weight excluding hydrogens is 596 g/mol. The third kappa shape index (κ3) is 7.65. The van der Waals surface area contributed by atoms with Crippen molar-refractivity contribution >= 4 is 0 Å². The predicted molar refractivity (Wildman–Crippen MR) is 169 cm³/mol. The molecule has 6 rings (SSSR count). The topological polar surface area (TPSA) is 123 Å². The first-order valence-corrected chi connectivity index (χ1v) is 15.2. The quantitative estimate of drug-likeness (QED) is 0.240. The van der Waals surface area contributed by atoms with Gasteiger partial charge in [0.15, 0.2) is 5.82 Å². The van der Waals surface area contributed by atoms with E-state index in [1.165, 1.54) is 0 Å². The summed E-state index contributed by atoms with van der Waals surface area (Å²) in [7, 11) is 0. The van der Waals surface area contributed by atoms with Gasteiger partial charge < -0.3 is 11.3 Å². The maximum atomic E-state index is 14.0. The van der Waals surface area contributed by atoms with Crippen molar-refractivity contribution in [3.8, 4) is 34.0 Å². The van der Waals surface area contributed by atoms with Crippen LogP contribution in [0.1, 0.15) is 63.1 Å². The molecule has 2 heterocycles. The second-order valence-electron chi connectivity index (χ2n) is 11.4. The summed E-state index contributed by atoms with van der Waals surface area (Å²) in [4.78, 5) is 33.1. The van der Waals surface area contributed by atoms with Crippen molar-refractivity contribution in [3.63, 3.8) is 0 Å². The van der Waals surface area contributed by atoms with E-state index in [0.717, 1.165) is 77.9 Å². The van der Waals surface area contributed by atoms with E-state index < -0.39 is 5.76 Å². The number of aryl methyl sites for hydroxylation is 2. The van der Waals surface area contributed by atoms with Gasteiger partial charge in [-0.05, 0) is 80.0 Å². The number of aliphatic hydroxyl groups excluding tert-OH is 1. The fourth-order valence-corrected chi connectivity index (χ4v) is 5.97. The maximum Gasteiger partial charge on any atom is 1.00 e. The first-order chi connectivity index (χ1) is 21.4. The van der Waals surface area contributed by atoms with Gasteiger partial charge in [-0.1, -0.05) is 67.0 Å². The minimum Gasteiger partial charge on any atom is -1.00 e. The van der Waals surface area contributed by atoms with Crippen molar-refractivity contribution in [1.29, 1.82) is 0 Å². The minimum atomic E-state index is -0.601. The molecule has 3 aromatic carbocycles. The molecule has 9 nitrogen and oxygen atoms in total. The Kier molecular flexibility index (Phi) is 11.1. The molecule has 0 atom stereocenters. The Bertz CT molecular complexity index is 1860. The fourth-order valence-electron chi connectivity index (χ4n) is 5.97. The molecule has 0 aliphatic heterocycles. The summed E-state index contributed by atoms with van der Waals surface area (Å²) in [6.07, 6.45) is 5.12. The summed E-state index contributed by atoms with van der Waals surface area (Å²) in [5.74, 6) is 1.18. The zero-order valence-electron chi connectivity index (χ0n) is 27.0. The molecule has 0 bridgehead atoms. The van der Waals surface area contributed by atoms with Gasteiger partial charge in [-0.2, -0.15) is 0 Å². The number of aromatic amines is 1. The van der Waals surface area contributed by atoms with Crippen LogP contribution in [-0.4, -0.2) is 37.0 Å². The Morgan fingerprint density at radius 2 is 1.67 bits per heavy atom. The van der Waals surface area contributed by atoms with Gasteiger partial charge in [-0.15, -0.1) is 0 Å². The van der Waals surface area contributed by atoms with Crippen LogP contribution in [0.15, 0.2) is 86.9 Å². The van der Waals surface area contributed by atoms with E-state index in [0.29, 0.717) is 23.6 Å². The van der Waals surface area contributed by atoms with Crippen LogP contribution in [0.5, 0.6) is 5.75 Å². The van der Waals surface area contributed by atoms with E-state index in [2.05, 4.69) is 17.1 Å². The van der Waals surface area contributed by atoms with Gasteiger partial charge in [-0.25, -0.2) is 9.78 Å². The number of ether oxygens (including phenoxy) is 1. The number of nitrogens with one attached hydrogen (secondary N) is 1. The normalized spacial score (nSPS) is 16.2. The standard InChI is InChI=1S/C35H36N4O5.K.H/c1-3-6-32-31(21-23-9-11-24(12-10-23)29-7-4-5-8-30(29)33-37-35(42)44-38-33)34(41)39(22(2)36-32)25-13-17-27(18-14-25)43-28-19-15-26(40)16-20-28;;/h4-5,7-14,17-18,26,28,40H,3,6,15-16,19-21H2,1-2H3,(H,37,38,42);;/q;+1;-1.